The van der Waals surface area contributed by atoms with Gasteiger partial charge in [0.2, 0.25) is 0 Å². The van der Waals surface area contributed by atoms with Crippen molar-refractivity contribution in [3.05, 3.63) is 68.2 Å². The number of benzene rings is 2. The minimum absolute atomic E-state index is 0.0268. The second-order valence-corrected chi connectivity index (χ2v) is 5.93. The molecule has 7 nitrogen and oxygen atoms in total. The van der Waals surface area contributed by atoms with E-state index in [1.165, 1.54) is 12.3 Å². The van der Waals surface area contributed by atoms with Crippen molar-refractivity contribution in [3.8, 4) is 0 Å². The molecule has 124 valence electrons. The average Bonchev–Trinajstić information content (AvgIpc) is 2.54. The Kier molecular flexibility index (Phi) is 5.64. The van der Waals surface area contributed by atoms with Crippen LogP contribution >= 0.6 is 15.9 Å². The van der Waals surface area contributed by atoms with Gasteiger partial charge in [-0.1, -0.05) is 18.2 Å². The highest BCUT2D eigenvalue weighted by Gasteiger charge is 2.15. The molecule has 8 heteroatoms. The standard InChI is InChI=1S/C16H15BrN4O3/c1-20(2)14-8-7-11(9-15(14)21(23)24)10-18-19-16(22)12-5-3-4-6-13(12)17/h3-10H,1-2H3,(H,19,22)/b18-10-. The number of hydrogen-bond acceptors (Lipinski definition) is 5. The van der Waals surface area contributed by atoms with Crippen LogP contribution < -0.4 is 10.3 Å². The van der Waals surface area contributed by atoms with Crippen LogP contribution in [0.2, 0.25) is 0 Å². The summed E-state index contributed by atoms with van der Waals surface area (Å²) in [6, 6.07) is 11.7. The van der Waals surface area contributed by atoms with Gasteiger partial charge in [0, 0.05) is 30.2 Å². The van der Waals surface area contributed by atoms with E-state index in [2.05, 4.69) is 26.5 Å². The Hall–Kier alpha value is -2.74. The van der Waals surface area contributed by atoms with Crippen molar-refractivity contribution >= 4 is 39.4 Å². The van der Waals surface area contributed by atoms with Crippen molar-refractivity contribution in [1.29, 1.82) is 0 Å². The summed E-state index contributed by atoms with van der Waals surface area (Å²) in [5.41, 5.74) is 3.82. The largest absolute Gasteiger partial charge is 0.372 e. The summed E-state index contributed by atoms with van der Waals surface area (Å²) in [5, 5.41) is 15.0. The summed E-state index contributed by atoms with van der Waals surface area (Å²) < 4.78 is 0.656. The first-order valence-electron chi connectivity index (χ1n) is 6.94. The van der Waals surface area contributed by atoms with Gasteiger partial charge in [-0.25, -0.2) is 5.43 Å². The number of carbonyl (C=O) groups is 1. The second kappa shape index (κ2) is 7.69. The number of hydrazone groups is 1. The smallest absolute Gasteiger partial charge is 0.293 e. The molecule has 0 aromatic heterocycles. The molecule has 0 radical (unpaired) electrons. The molecule has 0 aliphatic heterocycles. The number of amides is 1. The zero-order valence-corrected chi connectivity index (χ0v) is 14.6. The van der Waals surface area contributed by atoms with Crippen molar-refractivity contribution < 1.29 is 9.72 Å². The molecule has 2 aromatic carbocycles. The molecule has 0 heterocycles. The van der Waals surface area contributed by atoms with Gasteiger partial charge in [-0.15, -0.1) is 0 Å². The van der Waals surface area contributed by atoms with Crippen molar-refractivity contribution in [2.45, 2.75) is 0 Å². The van der Waals surface area contributed by atoms with Gasteiger partial charge in [-0.05, 0) is 34.1 Å². The number of nitrogens with zero attached hydrogens (tertiary/aromatic N) is 3. The number of nitro groups is 1. The number of nitrogens with one attached hydrogen (secondary N) is 1. The molecule has 0 atom stereocenters. The summed E-state index contributed by atoms with van der Waals surface area (Å²) >= 11 is 3.29. The summed E-state index contributed by atoms with van der Waals surface area (Å²) in [6.45, 7) is 0. The van der Waals surface area contributed by atoms with Crippen LogP contribution in [0.5, 0.6) is 0 Å². The Balaban J connectivity index is 2.15. The molecular formula is C16H15BrN4O3. The average molecular weight is 391 g/mol. The van der Waals surface area contributed by atoms with Crippen molar-refractivity contribution in [2.24, 2.45) is 5.10 Å². The summed E-state index contributed by atoms with van der Waals surface area (Å²) in [5.74, 6) is -0.377. The van der Waals surface area contributed by atoms with Crippen molar-refractivity contribution in [1.82, 2.24) is 5.43 Å². The van der Waals surface area contributed by atoms with Gasteiger partial charge in [0.15, 0.2) is 0 Å². The van der Waals surface area contributed by atoms with Crippen LogP contribution in [0.1, 0.15) is 15.9 Å². The third-order valence-electron chi connectivity index (χ3n) is 3.18. The van der Waals surface area contributed by atoms with Gasteiger partial charge in [-0.3, -0.25) is 14.9 Å². The minimum atomic E-state index is -0.452. The maximum Gasteiger partial charge on any atom is 0.293 e. The summed E-state index contributed by atoms with van der Waals surface area (Å²) in [6.07, 6.45) is 1.36. The Morgan fingerprint density at radius 1 is 1.29 bits per heavy atom. The molecule has 2 aromatic rings. The van der Waals surface area contributed by atoms with Crippen molar-refractivity contribution in [3.63, 3.8) is 0 Å². The quantitative estimate of drug-likeness (QED) is 0.482. The third-order valence-corrected chi connectivity index (χ3v) is 3.87. The maximum atomic E-state index is 12.0. The Bertz CT molecular complexity index is 806. The first kappa shape index (κ1) is 17.6. The Morgan fingerprint density at radius 3 is 2.62 bits per heavy atom. The Labute approximate surface area is 147 Å². The molecule has 0 saturated heterocycles. The summed E-state index contributed by atoms with van der Waals surface area (Å²) in [4.78, 5) is 24.4. The molecular weight excluding hydrogens is 376 g/mol. The predicted octanol–water partition coefficient (Wildman–Crippen LogP) is 3.19. The SMILES string of the molecule is CN(C)c1ccc(/C=N\NC(=O)c2ccccc2Br)cc1[N+](=O)[O-]. The van der Waals surface area contributed by atoms with Crippen LogP contribution in [-0.4, -0.2) is 31.1 Å². The third kappa shape index (κ3) is 4.17. The second-order valence-electron chi connectivity index (χ2n) is 5.08. The van der Waals surface area contributed by atoms with Crippen LogP contribution in [0.15, 0.2) is 52.0 Å². The first-order valence-corrected chi connectivity index (χ1v) is 7.73. The van der Waals surface area contributed by atoms with E-state index in [4.69, 9.17) is 0 Å². The normalized spacial score (nSPS) is 10.6. The fourth-order valence-corrected chi connectivity index (χ4v) is 2.48. The molecule has 24 heavy (non-hydrogen) atoms. The van der Waals surface area contributed by atoms with Crippen LogP contribution in [0, 0.1) is 10.1 Å². The predicted molar refractivity (Wildman–Crippen MR) is 96.6 cm³/mol. The molecule has 1 N–H and O–H groups in total. The highest BCUT2D eigenvalue weighted by molar-refractivity contribution is 9.10. The number of rotatable bonds is 5. The molecule has 2 rings (SSSR count). The fraction of sp³-hybridized carbons (Fsp3) is 0.125. The van der Waals surface area contributed by atoms with E-state index >= 15 is 0 Å². The number of hydrogen-bond donors (Lipinski definition) is 1. The van der Waals surface area contributed by atoms with E-state index in [9.17, 15) is 14.9 Å². The summed E-state index contributed by atoms with van der Waals surface area (Å²) in [7, 11) is 3.46. The maximum absolute atomic E-state index is 12.0. The molecule has 0 spiro atoms. The monoisotopic (exact) mass is 390 g/mol. The number of halogens is 1. The topological polar surface area (TPSA) is 87.8 Å². The lowest BCUT2D eigenvalue weighted by atomic mass is 10.2. The van der Waals surface area contributed by atoms with E-state index in [1.54, 1.807) is 55.4 Å². The molecule has 0 unspecified atom stereocenters. The molecule has 0 saturated carbocycles. The van der Waals surface area contributed by atoms with Crippen LogP contribution in [-0.2, 0) is 0 Å². The fourth-order valence-electron chi connectivity index (χ4n) is 2.02. The lowest BCUT2D eigenvalue weighted by Gasteiger charge is -2.12. The highest BCUT2D eigenvalue weighted by atomic mass is 79.9. The van der Waals surface area contributed by atoms with Crippen molar-refractivity contribution in [2.75, 3.05) is 19.0 Å². The van der Waals surface area contributed by atoms with Gasteiger partial charge < -0.3 is 4.90 Å². The van der Waals surface area contributed by atoms with E-state index in [0.717, 1.165) is 0 Å². The molecule has 0 aliphatic rings. The number of nitro benzene ring substituents is 1. The van der Waals surface area contributed by atoms with Gasteiger partial charge in [0.25, 0.3) is 11.6 Å². The lowest BCUT2D eigenvalue weighted by Crippen LogP contribution is -2.18. The highest BCUT2D eigenvalue weighted by Crippen LogP contribution is 2.27. The number of anilines is 1. The molecule has 0 fully saturated rings. The molecule has 0 bridgehead atoms. The van der Waals surface area contributed by atoms with Gasteiger partial charge in [0.1, 0.15) is 5.69 Å². The Morgan fingerprint density at radius 2 is 2.00 bits per heavy atom. The van der Waals surface area contributed by atoms with Crippen LogP contribution in [0.3, 0.4) is 0 Å². The zero-order valence-electron chi connectivity index (χ0n) is 13.1. The van der Waals surface area contributed by atoms with Gasteiger partial charge in [-0.2, -0.15) is 5.10 Å². The lowest BCUT2D eigenvalue weighted by molar-refractivity contribution is -0.384. The van der Waals surface area contributed by atoms with E-state index in [1.807, 2.05) is 0 Å². The van der Waals surface area contributed by atoms with E-state index < -0.39 is 4.92 Å². The van der Waals surface area contributed by atoms with E-state index in [0.29, 0.717) is 21.3 Å². The first-order chi connectivity index (χ1) is 11.4. The minimum Gasteiger partial charge on any atom is -0.372 e. The van der Waals surface area contributed by atoms with Gasteiger partial charge >= 0.3 is 0 Å². The van der Waals surface area contributed by atoms with Gasteiger partial charge in [0.05, 0.1) is 16.7 Å². The van der Waals surface area contributed by atoms with Crippen LogP contribution in [0.4, 0.5) is 11.4 Å². The zero-order chi connectivity index (χ0) is 17.7. The molecule has 0 aliphatic carbocycles. The molecule has 1 amide bonds. The van der Waals surface area contributed by atoms with E-state index in [-0.39, 0.29) is 11.6 Å². The number of carbonyl (C=O) groups excluding carboxylic acids is 1. The van der Waals surface area contributed by atoms with Crippen LogP contribution in [0.25, 0.3) is 0 Å².